The topological polar surface area (TPSA) is 22.1 Å². The number of nitrogens with zero attached hydrogens (tertiary/aromatic N) is 1. The highest BCUT2D eigenvalue weighted by Gasteiger charge is 2.08. The molecule has 0 radical (unpaired) electrons. The monoisotopic (exact) mass is 245 g/mol. The first-order valence-corrected chi connectivity index (χ1v) is 6.35. The Bertz CT molecular complexity index is 494. The summed E-state index contributed by atoms with van der Waals surface area (Å²) in [7, 11) is 1.67. The van der Waals surface area contributed by atoms with Crippen molar-refractivity contribution in [2.75, 3.05) is 7.11 Å². The molecular weight excluding hydrogens is 230 g/mol. The Balaban J connectivity index is 2.12. The molecule has 0 fully saturated rings. The number of ether oxygens (including phenoxy) is 1. The lowest BCUT2D eigenvalue weighted by Crippen LogP contribution is -1.98. The summed E-state index contributed by atoms with van der Waals surface area (Å²) in [6.07, 6.45) is 14.2. The van der Waals surface area contributed by atoms with Gasteiger partial charge in [-0.1, -0.05) is 30.4 Å². The van der Waals surface area contributed by atoms with Gasteiger partial charge in [0.25, 0.3) is 0 Å². The minimum absolute atomic E-state index is 0.266. The van der Waals surface area contributed by atoms with E-state index in [9.17, 15) is 0 Å². The van der Waals surface area contributed by atoms with Crippen molar-refractivity contribution in [1.82, 2.24) is 4.98 Å². The molecule has 0 spiro atoms. The zero-order valence-corrected chi connectivity index (χ0v) is 10.8. The van der Waals surface area contributed by atoms with Crippen molar-refractivity contribution in [2.24, 2.45) is 5.92 Å². The first-order chi connectivity index (χ1) is 8.29. The maximum atomic E-state index is 5.07. The lowest BCUT2D eigenvalue weighted by Gasteiger charge is -2.11. The quantitative estimate of drug-likeness (QED) is 0.757. The van der Waals surface area contributed by atoms with Crippen molar-refractivity contribution in [2.45, 2.75) is 6.92 Å². The highest BCUT2D eigenvalue weighted by molar-refractivity contribution is 7.09. The maximum Gasteiger partial charge on any atom is 0.0901 e. The maximum absolute atomic E-state index is 5.07. The standard InChI is InChI=1S/C14H15NOS/c1-11-15-14(10-17-11)8-7-12-5-3-4-6-13(12)9-16-2/h3-10,12H,1-2H3/b8-7-,13-9+. The molecule has 0 aromatic carbocycles. The van der Waals surface area contributed by atoms with Crippen molar-refractivity contribution in [3.8, 4) is 0 Å². The van der Waals surface area contributed by atoms with Crippen molar-refractivity contribution >= 4 is 17.4 Å². The SMILES string of the molecule is CO/C=C1\C=CC=CC1/C=C\c1csc(C)n1. The largest absolute Gasteiger partial charge is 0.504 e. The Morgan fingerprint density at radius 1 is 1.41 bits per heavy atom. The summed E-state index contributed by atoms with van der Waals surface area (Å²) in [4.78, 5) is 4.40. The van der Waals surface area contributed by atoms with Crippen molar-refractivity contribution in [1.29, 1.82) is 0 Å². The molecule has 88 valence electrons. The van der Waals surface area contributed by atoms with E-state index < -0.39 is 0 Å². The van der Waals surface area contributed by atoms with E-state index in [1.54, 1.807) is 24.7 Å². The van der Waals surface area contributed by atoms with Gasteiger partial charge in [-0.25, -0.2) is 4.98 Å². The van der Waals surface area contributed by atoms with Crippen molar-refractivity contribution in [3.05, 3.63) is 58.3 Å². The van der Waals surface area contributed by atoms with E-state index in [0.717, 1.165) is 16.3 Å². The van der Waals surface area contributed by atoms with E-state index in [-0.39, 0.29) is 5.92 Å². The molecule has 2 rings (SSSR count). The second kappa shape index (κ2) is 5.64. The normalized spacial score (nSPS) is 21.5. The van der Waals surface area contributed by atoms with Crippen LogP contribution in [0.2, 0.25) is 0 Å². The van der Waals surface area contributed by atoms with Gasteiger partial charge in [-0.05, 0) is 18.6 Å². The van der Waals surface area contributed by atoms with Gasteiger partial charge in [-0.3, -0.25) is 0 Å². The lowest BCUT2D eigenvalue weighted by atomic mass is 9.95. The van der Waals surface area contributed by atoms with Gasteiger partial charge in [0.2, 0.25) is 0 Å². The molecule has 1 aliphatic rings. The molecule has 0 N–H and O–H groups in total. The smallest absolute Gasteiger partial charge is 0.0901 e. The molecule has 3 heteroatoms. The number of aromatic nitrogens is 1. The molecule has 1 aromatic rings. The molecule has 2 nitrogen and oxygen atoms in total. The molecule has 1 heterocycles. The molecule has 1 unspecified atom stereocenters. The van der Waals surface area contributed by atoms with Crippen LogP contribution >= 0.6 is 11.3 Å². The van der Waals surface area contributed by atoms with Gasteiger partial charge in [0, 0.05) is 11.3 Å². The predicted molar refractivity (Wildman–Crippen MR) is 72.7 cm³/mol. The Labute approximate surface area is 106 Å². The van der Waals surface area contributed by atoms with Crippen molar-refractivity contribution < 1.29 is 4.74 Å². The van der Waals surface area contributed by atoms with Crippen LogP contribution in [0.25, 0.3) is 6.08 Å². The van der Waals surface area contributed by atoms with Crippen LogP contribution in [0.5, 0.6) is 0 Å². The summed E-state index contributed by atoms with van der Waals surface area (Å²) >= 11 is 1.67. The third-order valence-electron chi connectivity index (χ3n) is 2.47. The van der Waals surface area contributed by atoms with E-state index in [1.165, 1.54) is 0 Å². The highest BCUT2D eigenvalue weighted by atomic mass is 32.1. The van der Waals surface area contributed by atoms with E-state index in [0.29, 0.717) is 0 Å². The number of rotatable bonds is 3. The third kappa shape index (κ3) is 3.17. The van der Waals surface area contributed by atoms with Crippen molar-refractivity contribution in [3.63, 3.8) is 0 Å². The average molecular weight is 245 g/mol. The van der Waals surface area contributed by atoms with Gasteiger partial charge in [-0.15, -0.1) is 11.3 Å². The zero-order valence-electron chi connectivity index (χ0n) is 9.96. The molecule has 0 saturated carbocycles. The average Bonchev–Trinajstić information content (AvgIpc) is 2.74. The molecule has 0 aliphatic heterocycles. The molecule has 17 heavy (non-hydrogen) atoms. The predicted octanol–water partition coefficient (Wildman–Crippen LogP) is 3.74. The second-order valence-electron chi connectivity index (χ2n) is 3.77. The minimum Gasteiger partial charge on any atom is -0.504 e. The number of hydrogen-bond donors (Lipinski definition) is 0. The summed E-state index contributed by atoms with van der Waals surface area (Å²) in [6.45, 7) is 2.02. The lowest BCUT2D eigenvalue weighted by molar-refractivity contribution is 0.333. The molecule has 1 aromatic heterocycles. The third-order valence-corrected chi connectivity index (χ3v) is 3.26. The Hall–Kier alpha value is -1.61. The van der Waals surface area contributed by atoms with Gasteiger partial charge in [0.15, 0.2) is 0 Å². The van der Waals surface area contributed by atoms with Crippen LogP contribution < -0.4 is 0 Å². The van der Waals surface area contributed by atoms with Gasteiger partial charge >= 0.3 is 0 Å². The van der Waals surface area contributed by atoms with Crippen LogP contribution in [0.1, 0.15) is 10.7 Å². The van der Waals surface area contributed by atoms with Gasteiger partial charge in [-0.2, -0.15) is 0 Å². The fourth-order valence-electron chi connectivity index (χ4n) is 1.66. The van der Waals surface area contributed by atoms with Crippen LogP contribution in [-0.2, 0) is 4.74 Å². The number of methoxy groups -OCH3 is 1. The highest BCUT2D eigenvalue weighted by Crippen LogP contribution is 2.21. The first-order valence-electron chi connectivity index (χ1n) is 5.47. The molecule has 0 amide bonds. The molecule has 0 saturated heterocycles. The van der Waals surface area contributed by atoms with Crippen LogP contribution in [-0.4, -0.2) is 12.1 Å². The Morgan fingerprint density at radius 3 is 3.00 bits per heavy atom. The van der Waals surface area contributed by atoms with Crippen LogP contribution in [0, 0.1) is 12.8 Å². The zero-order chi connectivity index (χ0) is 12.1. The summed E-state index contributed by atoms with van der Waals surface area (Å²) in [6, 6.07) is 0. The van der Waals surface area contributed by atoms with E-state index >= 15 is 0 Å². The summed E-state index contributed by atoms with van der Waals surface area (Å²) in [5.74, 6) is 0.266. The van der Waals surface area contributed by atoms with Crippen LogP contribution in [0.15, 0.2) is 47.6 Å². The Morgan fingerprint density at radius 2 is 2.29 bits per heavy atom. The van der Waals surface area contributed by atoms with Crippen LogP contribution in [0.4, 0.5) is 0 Å². The van der Waals surface area contributed by atoms with E-state index in [2.05, 4.69) is 34.7 Å². The molecule has 0 bridgehead atoms. The molecular formula is C14H15NOS. The summed E-state index contributed by atoms with van der Waals surface area (Å²) in [5, 5.41) is 3.16. The fourth-order valence-corrected chi connectivity index (χ4v) is 2.24. The number of hydrogen-bond acceptors (Lipinski definition) is 3. The summed E-state index contributed by atoms with van der Waals surface area (Å²) in [5.41, 5.74) is 2.17. The number of aryl methyl sites for hydroxylation is 1. The fraction of sp³-hybridized carbons (Fsp3) is 0.214. The summed E-state index contributed by atoms with van der Waals surface area (Å²) < 4.78 is 5.07. The number of allylic oxidation sites excluding steroid dienone is 6. The Kier molecular flexibility index (Phi) is 3.94. The minimum atomic E-state index is 0.266. The van der Waals surface area contributed by atoms with Crippen LogP contribution in [0.3, 0.4) is 0 Å². The molecule has 1 aliphatic carbocycles. The second-order valence-corrected chi connectivity index (χ2v) is 4.84. The molecule has 1 atom stereocenters. The van der Waals surface area contributed by atoms with E-state index in [1.807, 2.05) is 19.1 Å². The van der Waals surface area contributed by atoms with E-state index in [4.69, 9.17) is 4.74 Å². The first kappa shape index (κ1) is 11.9. The van der Waals surface area contributed by atoms with Gasteiger partial charge < -0.3 is 4.74 Å². The number of thiazole rings is 1. The van der Waals surface area contributed by atoms with Gasteiger partial charge in [0.1, 0.15) is 0 Å². The van der Waals surface area contributed by atoms with Gasteiger partial charge in [0.05, 0.1) is 24.1 Å².